The first kappa shape index (κ1) is 19.3. The largest absolute Gasteiger partial charge is 0.496 e. The molecule has 1 aromatic carbocycles. The van der Waals surface area contributed by atoms with Crippen molar-refractivity contribution in [2.24, 2.45) is 11.8 Å². The molecular weight excluding hydrogens is 318 g/mol. The first-order valence-electron chi connectivity index (χ1n) is 8.76. The van der Waals surface area contributed by atoms with E-state index in [-0.39, 0.29) is 24.0 Å². The normalized spacial score (nSPS) is 21.6. The smallest absolute Gasteiger partial charge is 0.323 e. The van der Waals surface area contributed by atoms with Crippen molar-refractivity contribution in [2.75, 3.05) is 20.3 Å². The Kier molecular flexibility index (Phi) is 6.44. The Morgan fingerprint density at radius 1 is 1.44 bits per heavy atom. The van der Waals surface area contributed by atoms with E-state index in [0.717, 1.165) is 18.4 Å². The third-order valence-electron chi connectivity index (χ3n) is 4.78. The number of rotatable bonds is 6. The SMILES string of the molecule is CCOC(=O)[C@H](C#N)[C@@H](c1ccccc1OC)[C@@H]1CCOC(C)(C)C1. The van der Waals surface area contributed by atoms with Crippen molar-refractivity contribution in [2.45, 2.75) is 45.1 Å². The molecule has 0 aromatic heterocycles. The van der Waals surface area contributed by atoms with Crippen molar-refractivity contribution in [3.8, 4) is 11.8 Å². The predicted molar refractivity (Wildman–Crippen MR) is 94.2 cm³/mol. The summed E-state index contributed by atoms with van der Waals surface area (Å²) in [5, 5.41) is 9.76. The van der Waals surface area contributed by atoms with Crippen molar-refractivity contribution < 1.29 is 19.0 Å². The molecule has 5 heteroatoms. The zero-order valence-corrected chi connectivity index (χ0v) is 15.5. The second-order valence-electron chi connectivity index (χ2n) is 6.99. The number of nitriles is 1. The Bertz CT molecular complexity index is 635. The van der Waals surface area contributed by atoms with E-state index in [9.17, 15) is 10.1 Å². The molecule has 136 valence electrons. The fourth-order valence-corrected chi connectivity index (χ4v) is 3.74. The van der Waals surface area contributed by atoms with Crippen molar-refractivity contribution in [3.05, 3.63) is 29.8 Å². The van der Waals surface area contributed by atoms with Gasteiger partial charge in [-0.1, -0.05) is 18.2 Å². The Labute approximate surface area is 149 Å². The summed E-state index contributed by atoms with van der Waals surface area (Å²) in [5.74, 6) is -0.792. The minimum absolute atomic E-state index is 0.133. The molecular formula is C20H27NO4. The molecule has 3 atom stereocenters. The summed E-state index contributed by atoms with van der Waals surface area (Å²) in [6.45, 7) is 6.72. The maximum absolute atomic E-state index is 12.5. The van der Waals surface area contributed by atoms with E-state index in [1.807, 2.05) is 38.1 Å². The van der Waals surface area contributed by atoms with Crippen LogP contribution in [0.5, 0.6) is 5.75 Å². The average Bonchev–Trinajstić information content (AvgIpc) is 2.58. The number of benzene rings is 1. The van der Waals surface area contributed by atoms with Crippen LogP contribution in [0.1, 0.15) is 45.1 Å². The van der Waals surface area contributed by atoms with Crippen LogP contribution in [0, 0.1) is 23.2 Å². The van der Waals surface area contributed by atoms with Gasteiger partial charge >= 0.3 is 5.97 Å². The predicted octanol–water partition coefficient (Wildman–Crippen LogP) is 3.69. The summed E-state index contributed by atoms with van der Waals surface area (Å²) in [6, 6.07) is 9.80. The van der Waals surface area contributed by atoms with Gasteiger partial charge in [0.15, 0.2) is 5.92 Å². The van der Waals surface area contributed by atoms with Gasteiger partial charge in [0, 0.05) is 12.5 Å². The number of carbonyl (C=O) groups excluding carboxylic acids is 1. The monoisotopic (exact) mass is 345 g/mol. The molecule has 0 bridgehead atoms. The van der Waals surface area contributed by atoms with Gasteiger partial charge < -0.3 is 14.2 Å². The minimum Gasteiger partial charge on any atom is -0.496 e. The van der Waals surface area contributed by atoms with Gasteiger partial charge in [-0.25, -0.2) is 0 Å². The van der Waals surface area contributed by atoms with Crippen LogP contribution in [0.15, 0.2) is 24.3 Å². The number of esters is 1. The van der Waals surface area contributed by atoms with Gasteiger partial charge in [0.1, 0.15) is 5.75 Å². The van der Waals surface area contributed by atoms with Crippen LogP contribution >= 0.6 is 0 Å². The molecule has 1 heterocycles. The van der Waals surface area contributed by atoms with Crippen LogP contribution in [0.2, 0.25) is 0 Å². The van der Waals surface area contributed by atoms with Crippen molar-refractivity contribution >= 4 is 5.97 Å². The van der Waals surface area contributed by atoms with Gasteiger partial charge in [-0.05, 0) is 51.2 Å². The van der Waals surface area contributed by atoms with Crippen LogP contribution in [0.25, 0.3) is 0 Å². The van der Waals surface area contributed by atoms with Crippen molar-refractivity contribution in [1.29, 1.82) is 5.26 Å². The molecule has 0 N–H and O–H groups in total. The quantitative estimate of drug-likeness (QED) is 0.736. The Balaban J connectivity index is 2.47. The topological polar surface area (TPSA) is 68.6 Å². The molecule has 1 aliphatic heterocycles. The molecule has 5 nitrogen and oxygen atoms in total. The summed E-state index contributed by atoms with van der Waals surface area (Å²) in [7, 11) is 1.61. The first-order valence-corrected chi connectivity index (χ1v) is 8.76. The second-order valence-corrected chi connectivity index (χ2v) is 6.99. The number of carbonyl (C=O) groups is 1. The van der Waals surface area contributed by atoms with Gasteiger partial charge in [-0.3, -0.25) is 4.79 Å². The maximum atomic E-state index is 12.5. The van der Waals surface area contributed by atoms with Crippen LogP contribution in [0.3, 0.4) is 0 Å². The minimum atomic E-state index is -0.866. The van der Waals surface area contributed by atoms with Crippen LogP contribution in [-0.4, -0.2) is 31.9 Å². The lowest BCUT2D eigenvalue weighted by Gasteiger charge is -2.40. The fraction of sp³-hybridized carbons (Fsp3) is 0.600. The molecule has 0 spiro atoms. The van der Waals surface area contributed by atoms with Gasteiger partial charge in [0.05, 0.1) is 25.4 Å². The number of methoxy groups -OCH3 is 1. The summed E-state index contributed by atoms with van der Waals surface area (Å²) in [6.07, 6.45) is 1.57. The standard InChI is InChI=1S/C20H27NO4/c1-5-24-19(22)16(13-21)18(14-10-11-25-20(2,3)12-14)15-8-6-7-9-17(15)23-4/h6-9,14,16,18H,5,10-12H2,1-4H3/t14-,16-,18-/m1/s1. The molecule has 0 aliphatic carbocycles. The summed E-state index contributed by atoms with van der Waals surface area (Å²) < 4.78 is 16.5. The number of nitrogens with zero attached hydrogens (tertiary/aromatic N) is 1. The van der Waals surface area contributed by atoms with E-state index in [2.05, 4.69) is 6.07 Å². The molecule has 1 aromatic rings. The Hall–Kier alpha value is -2.06. The first-order chi connectivity index (χ1) is 11.9. The molecule has 0 unspecified atom stereocenters. The van der Waals surface area contributed by atoms with Crippen molar-refractivity contribution in [3.63, 3.8) is 0 Å². The van der Waals surface area contributed by atoms with E-state index in [4.69, 9.17) is 14.2 Å². The highest BCUT2D eigenvalue weighted by Crippen LogP contribution is 2.45. The second kappa shape index (κ2) is 8.35. The van der Waals surface area contributed by atoms with Gasteiger partial charge in [0.2, 0.25) is 0 Å². The highest BCUT2D eigenvalue weighted by Gasteiger charge is 2.42. The molecule has 1 saturated heterocycles. The number of para-hydroxylation sites is 1. The third kappa shape index (κ3) is 4.52. The summed E-state index contributed by atoms with van der Waals surface area (Å²) >= 11 is 0. The van der Waals surface area contributed by atoms with Crippen LogP contribution in [0.4, 0.5) is 0 Å². The Morgan fingerprint density at radius 3 is 2.76 bits per heavy atom. The van der Waals surface area contributed by atoms with Gasteiger partial charge in [-0.15, -0.1) is 0 Å². The van der Waals surface area contributed by atoms with Gasteiger partial charge in [0.25, 0.3) is 0 Å². The third-order valence-corrected chi connectivity index (χ3v) is 4.78. The van der Waals surface area contributed by atoms with E-state index in [1.54, 1.807) is 14.0 Å². The molecule has 0 radical (unpaired) electrons. The van der Waals surface area contributed by atoms with E-state index in [1.165, 1.54) is 0 Å². The fourth-order valence-electron chi connectivity index (χ4n) is 3.74. The zero-order valence-electron chi connectivity index (χ0n) is 15.5. The van der Waals surface area contributed by atoms with Crippen LogP contribution < -0.4 is 4.74 Å². The molecule has 1 aliphatic rings. The van der Waals surface area contributed by atoms with E-state index >= 15 is 0 Å². The highest BCUT2D eigenvalue weighted by atomic mass is 16.5. The lowest BCUT2D eigenvalue weighted by Crippen LogP contribution is -2.39. The van der Waals surface area contributed by atoms with E-state index < -0.39 is 11.9 Å². The summed E-state index contributed by atoms with van der Waals surface area (Å²) in [4.78, 5) is 12.5. The molecule has 1 fully saturated rings. The number of ether oxygens (including phenoxy) is 3. The number of hydrogen-bond acceptors (Lipinski definition) is 5. The molecule has 0 amide bonds. The lowest BCUT2D eigenvalue weighted by molar-refractivity contribution is -0.148. The lowest BCUT2D eigenvalue weighted by atomic mass is 9.71. The molecule has 0 saturated carbocycles. The zero-order chi connectivity index (χ0) is 18.4. The maximum Gasteiger partial charge on any atom is 0.323 e. The van der Waals surface area contributed by atoms with E-state index in [0.29, 0.717) is 12.4 Å². The Morgan fingerprint density at radius 2 is 2.16 bits per heavy atom. The summed E-state index contributed by atoms with van der Waals surface area (Å²) in [5.41, 5.74) is 0.602. The molecule has 2 rings (SSSR count). The molecule has 25 heavy (non-hydrogen) atoms. The van der Waals surface area contributed by atoms with Crippen LogP contribution in [-0.2, 0) is 14.3 Å². The number of hydrogen-bond donors (Lipinski definition) is 0. The van der Waals surface area contributed by atoms with Gasteiger partial charge in [-0.2, -0.15) is 5.26 Å². The van der Waals surface area contributed by atoms with Crippen molar-refractivity contribution in [1.82, 2.24) is 0 Å². The highest BCUT2D eigenvalue weighted by molar-refractivity contribution is 5.77. The average molecular weight is 345 g/mol.